The summed E-state index contributed by atoms with van der Waals surface area (Å²) in [5.74, 6) is 4.83. The van der Waals surface area contributed by atoms with Gasteiger partial charge in [-0.15, -0.1) is 114 Å². The van der Waals surface area contributed by atoms with Crippen molar-refractivity contribution in [2.24, 2.45) is 0 Å². The van der Waals surface area contributed by atoms with Crippen molar-refractivity contribution in [3.05, 3.63) is 207 Å². The molecule has 0 aliphatic rings. The van der Waals surface area contributed by atoms with Crippen LogP contribution in [0.3, 0.4) is 0 Å². The molecule has 0 heterocycles. The Bertz CT molecular complexity index is 2470. The van der Waals surface area contributed by atoms with Gasteiger partial charge in [-0.25, -0.2) is 0 Å². The molecule has 8 rings (SSSR count). The smallest absolute Gasteiger partial charge is 0.0184 e. The average Bonchev–Trinajstić information content (AvgIpc) is 4.13. The molecule has 0 fully saturated rings. The van der Waals surface area contributed by atoms with Gasteiger partial charge >= 0.3 is 0 Å². The Labute approximate surface area is 543 Å². The Morgan fingerprint density at radius 3 is 0.588 bits per heavy atom. The molecular weight excluding hydrogens is 1150 g/mol. The minimum atomic E-state index is 0. The summed E-state index contributed by atoms with van der Waals surface area (Å²) in [6.45, 7) is 56.1. The molecule has 444 valence electrons. The van der Waals surface area contributed by atoms with E-state index in [9.17, 15) is 0 Å². The quantitative estimate of drug-likeness (QED) is 0.0688. The van der Waals surface area contributed by atoms with Crippen molar-refractivity contribution in [2.45, 2.75) is 225 Å². The van der Waals surface area contributed by atoms with E-state index in [1.807, 2.05) is 0 Å². The molecule has 0 nitrogen and oxygen atoms in total. The van der Waals surface area contributed by atoms with E-state index >= 15 is 0 Å². The van der Waals surface area contributed by atoms with Gasteiger partial charge in [-0.3, -0.25) is 0 Å². The second-order valence-corrected chi connectivity index (χ2v) is 23.2. The maximum absolute atomic E-state index is 3.70. The summed E-state index contributed by atoms with van der Waals surface area (Å²) in [6, 6.07) is 37.4. The monoisotopic (exact) mass is 1260 g/mol. The van der Waals surface area contributed by atoms with E-state index in [0.29, 0.717) is 47.3 Å². The molecule has 4 heteroatoms. The fraction of sp³-hybridized carbons (Fsp3) is 0.447. The molecule has 0 unspecified atom stereocenters. The van der Waals surface area contributed by atoms with Crippen molar-refractivity contribution < 1.29 is 52.4 Å². The molecule has 0 aliphatic carbocycles. The number of fused-ring (bicyclic) bond motifs is 4. The van der Waals surface area contributed by atoms with Crippen LogP contribution in [0.4, 0.5) is 0 Å². The summed E-state index contributed by atoms with van der Waals surface area (Å²) in [7, 11) is 5.94. The Balaban J connectivity index is -0.000000289. The topological polar surface area (TPSA) is 0 Å². The summed E-state index contributed by atoms with van der Waals surface area (Å²) in [5, 5.41) is 11.4. The average molecular weight is 1270 g/mol. The summed E-state index contributed by atoms with van der Waals surface area (Å²) in [5.41, 5.74) is 17.3. The number of hydrogen-bond donors (Lipinski definition) is 0. The van der Waals surface area contributed by atoms with Crippen LogP contribution in [-0.4, -0.2) is 20.5 Å². The Hall–Kier alpha value is -2.48. The van der Waals surface area contributed by atoms with Gasteiger partial charge in [0.2, 0.25) is 0 Å². The third-order valence-corrected chi connectivity index (χ3v) is 14.0. The van der Waals surface area contributed by atoms with Crippen molar-refractivity contribution in [1.29, 1.82) is 0 Å². The zero-order valence-electron chi connectivity index (χ0n) is 56.1. The molecule has 8 aromatic rings. The van der Waals surface area contributed by atoms with Gasteiger partial charge in [-0.1, -0.05) is 233 Å². The van der Waals surface area contributed by atoms with E-state index in [4.69, 9.17) is 0 Å². The normalized spacial score (nSPS) is 10.4. The van der Waals surface area contributed by atoms with Gasteiger partial charge in [0.15, 0.2) is 0 Å². The van der Waals surface area contributed by atoms with Crippen LogP contribution in [0.1, 0.15) is 251 Å². The summed E-state index contributed by atoms with van der Waals surface area (Å²) in [6.07, 6.45) is 4.61. The van der Waals surface area contributed by atoms with Crippen LogP contribution in [0.15, 0.2) is 97.1 Å². The fourth-order valence-electron chi connectivity index (χ4n) is 9.69. The van der Waals surface area contributed by atoms with Gasteiger partial charge in [0.25, 0.3) is 0 Å². The zero-order valence-corrected chi connectivity index (χ0v) is 63.0. The van der Waals surface area contributed by atoms with Crippen LogP contribution in [0, 0.1) is 71.2 Å². The predicted molar refractivity (Wildman–Crippen MR) is 368 cm³/mol. The molecule has 0 saturated carbocycles. The largest absolute Gasteiger partial charge is 0.358 e. The summed E-state index contributed by atoms with van der Waals surface area (Å²) < 4.78 is 0. The van der Waals surface area contributed by atoms with Crippen molar-refractivity contribution in [3.63, 3.8) is 0 Å². The first-order valence-corrected chi connectivity index (χ1v) is 30.3. The fourth-order valence-corrected chi connectivity index (χ4v) is 9.69. The van der Waals surface area contributed by atoms with Gasteiger partial charge in [0, 0.05) is 72.9 Å². The minimum Gasteiger partial charge on any atom is -0.358 e. The second-order valence-electron chi connectivity index (χ2n) is 23.2. The molecule has 0 bridgehead atoms. The molecule has 0 aromatic heterocycles. The molecule has 0 saturated heterocycles. The van der Waals surface area contributed by atoms with E-state index in [-0.39, 0.29) is 82.1 Å². The molecule has 0 atom stereocenters. The molecule has 0 N–H and O–H groups in total. The number of rotatable bonds is 11. The van der Waals surface area contributed by atoms with Crippen LogP contribution >= 0.6 is 0 Å². The summed E-state index contributed by atoms with van der Waals surface area (Å²) >= 11 is 0. The summed E-state index contributed by atoms with van der Waals surface area (Å²) in [4.78, 5) is 0. The standard InChI is InChI=1S/4C16H21.C6H12.2CH3Si.4CH3.2Zr/c4*1-10(2)13-8-14-6-12(5)7-16(14)15(9-13)11(3)4;1-3-5-6-4-2;2*1-2;;;;;;/h4*6-11H,1-5H3;1-6H2;2*1H3;4*1H3;;/q4*-1;-2;;;4*-1;;. The van der Waals surface area contributed by atoms with E-state index in [2.05, 4.69) is 270 Å². The van der Waals surface area contributed by atoms with Gasteiger partial charge < -0.3 is 43.6 Å². The Kier molecular flexibility index (Phi) is 45.7. The van der Waals surface area contributed by atoms with Crippen molar-refractivity contribution in [1.82, 2.24) is 0 Å². The zero-order chi connectivity index (χ0) is 56.3. The van der Waals surface area contributed by atoms with Crippen LogP contribution in [-0.2, 0) is 52.4 Å². The van der Waals surface area contributed by atoms with E-state index < -0.39 is 0 Å². The number of benzene rings is 4. The maximum atomic E-state index is 3.70. The molecule has 6 radical (unpaired) electrons. The van der Waals surface area contributed by atoms with E-state index in [1.165, 1.54) is 123 Å². The van der Waals surface area contributed by atoms with Gasteiger partial charge in [-0.2, -0.15) is 37.1 Å². The Morgan fingerprint density at radius 2 is 0.463 bits per heavy atom. The van der Waals surface area contributed by atoms with Crippen LogP contribution < -0.4 is 0 Å². The first-order chi connectivity index (χ1) is 34.9. The first kappa shape index (κ1) is 86.3. The predicted octanol–water partition coefficient (Wildman–Crippen LogP) is 24.9. The van der Waals surface area contributed by atoms with Crippen molar-refractivity contribution in [2.75, 3.05) is 0 Å². The van der Waals surface area contributed by atoms with Gasteiger partial charge in [-0.05, 0) is 47.3 Å². The molecular formula is C76H114Si2Zr2-10. The molecule has 80 heavy (non-hydrogen) atoms. The first-order valence-electron chi connectivity index (χ1n) is 28.3. The van der Waals surface area contributed by atoms with Gasteiger partial charge in [0.1, 0.15) is 0 Å². The maximum Gasteiger partial charge on any atom is 0.0184 e. The third kappa shape index (κ3) is 25.4. The van der Waals surface area contributed by atoms with Crippen LogP contribution in [0.25, 0.3) is 43.1 Å². The molecule has 0 spiro atoms. The molecule has 0 aliphatic heterocycles. The van der Waals surface area contributed by atoms with Crippen molar-refractivity contribution >= 4 is 63.6 Å². The number of hydrogen-bond acceptors (Lipinski definition) is 0. The number of aryl methyl sites for hydroxylation is 4. The third-order valence-electron chi connectivity index (χ3n) is 14.0. The number of unbranched alkanes of at least 4 members (excludes halogenated alkanes) is 3. The second kappa shape index (κ2) is 42.3. The Morgan fingerprint density at radius 1 is 0.300 bits per heavy atom. The van der Waals surface area contributed by atoms with Gasteiger partial charge in [0.05, 0.1) is 0 Å². The van der Waals surface area contributed by atoms with Crippen LogP contribution in [0.5, 0.6) is 0 Å². The molecule has 8 aromatic carbocycles. The van der Waals surface area contributed by atoms with Crippen LogP contribution in [0.2, 0.25) is 13.1 Å². The van der Waals surface area contributed by atoms with Crippen molar-refractivity contribution in [3.8, 4) is 0 Å². The minimum absolute atomic E-state index is 0. The molecule has 0 amide bonds. The SMILES string of the molecule is C[Si].C[Si].Cc1cc2c(C(C)C)cc(C(C)C)cc2[cH-]1.Cc1cc2c(C(C)C)cc(C(C)C)cc2[cH-]1.Cc1cc2c(C(C)C)cc(C(C)C)cc2[cH-]1.Cc1cc2c(C(C)C)cc(C(C)C)cc2[cH-]1.[CH2-]CCCC[CH2-].[CH3-].[CH3-].[CH3-].[CH3-].[Zr].[Zr]. The van der Waals surface area contributed by atoms with E-state index in [0.717, 1.165) is 12.8 Å². The van der Waals surface area contributed by atoms with E-state index in [1.54, 1.807) is 13.1 Å².